The van der Waals surface area contributed by atoms with Gasteiger partial charge < -0.3 is 5.32 Å². The van der Waals surface area contributed by atoms with Crippen LogP contribution in [0.2, 0.25) is 0 Å². The molecule has 3 rings (SSSR count). The van der Waals surface area contributed by atoms with E-state index in [9.17, 15) is 0 Å². The number of hydrogen-bond acceptors (Lipinski definition) is 1. The van der Waals surface area contributed by atoms with E-state index in [-0.39, 0.29) is 0 Å². The van der Waals surface area contributed by atoms with Crippen LogP contribution in [0.15, 0.2) is 30.3 Å². The van der Waals surface area contributed by atoms with E-state index >= 15 is 0 Å². The standard InChI is InChI=1S/C15H21N/c1-11-7-8-15(14-9-13(11)14)16-10-12-5-3-2-4-6-12/h2-6,11,13-16H,7-10H2,1H3/t11-,13+,14+,15?/m0/s1. The van der Waals surface area contributed by atoms with E-state index < -0.39 is 0 Å². The van der Waals surface area contributed by atoms with Crippen LogP contribution in [0.3, 0.4) is 0 Å². The highest BCUT2D eigenvalue weighted by Gasteiger charge is 2.48. The van der Waals surface area contributed by atoms with Crippen molar-refractivity contribution in [1.29, 1.82) is 0 Å². The molecule has 2 saturated carbocycles. The Morgan fingerprint density at radius 3 is 2.75 bits per heavy atom. The average Bonchev–Trinajstić information content (AvgIpc) is 3.11. The van der Waals surface area contributed by atoms with E-state index in [1.54, 1.807) is 0 Å². The van der Waals surface area contributed by atoms with Gasteiger partial charge in [-0.25, -0.2) is 0 Å². The first-order valence-electron chi connectivity index (χ1n) is 6.62. The first-order valence-corrected chi connectivity index (χ1v) is 6.62. The molecule has 0 bridgehead atoms. The number of fused-ring (bicyclic) bond motifs is 1. The molecule has 0 radical (unpaired) electrons. The van der Waals surface area contributed by atoms with Crippen molar-refractivity contribution in [3.8, 4) is 0 Å². The van der Waals surface area contributed by atoms with Crippen molar-refractivity contribution < 1.29 is 0 Å². The quantitative estimate of drug-likeness (QED) is 0.816. The minimum atomic E-state index is 0.793. The normalized spacial score (nSPS) is 36.8. The maximum absolute atomic E-state index is 3.75. The molecule has 0 aliphatic heterocycles. The van der Waals surface area contributed by atoms with E-state index in [1.165, 1.54) is 24.8 Å². The molecule has 2 aliphatic rings. The first-order chi connectivity index (χ1) is 7.84. The Bertz CT molecular complexity index is 346. The van der Waals surface area contributed by atoms with E-state index in [2.05, 4.69) is 42.6 Å². The lowest BCUT2D eigenvalue weighted by Gasteiger charge is -2.26. The smallest absolute Gasteiger partial charge is 0.0208 e. The number of rotatable bonds is 3. The van der Waals surface area contributed by atoms with Crippen LogP contribution in [0.1, 0.15) is 31.7 Å². The molecular weight excluding hydrogens is 194 g/mol. The second-order valence-electron chi connectivity index (χ2n) is 5.59. The molecule has 86 valence electrons. The summed E-state index contributed by atoms with van der Waals surface area (Å²) in [6.07, 6.45) is 4.29. The number of nitrogens with one attached hydrogen (secondary N) is 1. The average molecular weight is 215 g/mol. The fourth-order valence-electron chi connectivity index (χ4n) is 3.32. The summed E-state index contributed by atoms with van der Waals surface area (Å²) in [5, 5.41) is 3.75. The van der Waals surface area contributed by atoms with Gasteiger partial charge in [0.05, 0.1) is 0 Å². The molecule has 0 saturated heterocycles. The van der Waals surface area contributed by atoms with Gasteiger partial charge in [-0.15, -0.1) is 0 Å². The van der Waals surface area contributed by atoms with Crippen LogP contribution in [0.4, 0.5) is 0 Å². The molecule has 1 unspecified atom stereocenters. The highest BCUT2D eigenvalue weighted by Crippen LogP contribution is 2.52. The molecular formula is C15H21N. The van der Waals surface area contributed by atoms with Crippen molar-refractivity contribution in [2.24, 2.45) is 17.8 Å². The Morgan fingerprint density at radius 1 is 1.12 bits per heavy atom. The van der Waals surface area contributed by atoms with Crippen LogP contribution in [0.25, 0.3) is 0 Å². The van der Waals surface area contributed by atoms with Gasteiger partial charge in [-0.3, -0.25) is 0 Å². The largest absolute Gasteiger partial charge is 0.310 e. The Labute approximate surface area is 98.3 Å². The van der Waals surface area contributed by atoms with Gasteiger partial charge in [0.15, 0.2) is 0 Å². The van der Waals surface area contributed by atoms with Gasteiger partial charge in [-0.2, -0.15) is 0 Å². The molecule has 0 spiro atoms. The number of benzene rings is 1. The third-order valence-electron chi connectivity index (χ3n) is 4.48. The van der Waals surface area contributed by atoms with E-state index in [0.717, 1.165) is 30.3 Å². The van der Waals surface area contributed by atoms with Gasteiger partial charge in [0.2, 0.25) is 0 Å². The lowest BCUT2D eigenvalue weighted by atomic mass is 9.87. The fraction of sp³-hybridized carbons (Fsp3) is 0.600. The Kier molecular flexibility index (Phi) is 2.72. The number of hydrogen-bond donors (Lipinski definition) is 1. The van der Waals surface area contributed by atoms with Gasteiger partial charge >= 0.3 is 0 Å². The maximum atomic E-state index is 3.75. The van der Waals surface area contributed by atoms with E-state index in [1.807, 2.05) is 0 Å². The van der Waals surface area contributed by atoms with Crippen LogP contribution in [0, 0.1) is 17.8 Å². The fourth-order valence-corrected chi connectivity index (χ4v) is 3.32. The summed E-state index contributed by atoms with van der Waals surface area (Å²) in [5.41, 5.74) is 1.42. The van der Waals surface area contributed by atoms with Crippen LogP contribution < -0.4 is 5.32 Å². The van der Waals surface area contributed by atoms with Gasteiger partial charge in [0.25, 0.3) is 0 Å². The maximum Gasteiger partial charge on any atom is 0.0208 e. The van der Waals surface area contributed by atoms with E-state index in [4.69, 9.17) is 0 Å². The van der Waals surface area contributed by atoms with Crippen molar-refractivity contribution in [3.63, 3.8) is 0 Å². The highest BCUT2D eigenvalue weighted by atomic mass is 14.9. The molecule has 1 aromatic rings. The lowest BCUT2D eigenvalue weighted by Crippen LogP contribution is -2.34. The Hall–Kier alpha value is -0.820. The molecule has 0 heterocycles. The van der Waals surface area contributed by atoms with Gasteiger partial charge in [-0.05, 0) is 42.6 Å². The minimum Gasteiger partial charge on any atom is -0.310 e. The Balaban J connectivity index is 1.53. The molecule has 0 amide bonds. The monoisotopic (exact) mass is 215 g/mol. The summed E-state index contributed by atoms with van der Waals surface area (Å²) in [5.74, 6) is 3.02. The van der Waals surface area contributed by atoms with Crippen LogP contribution in [-0.4, -0.2) is 6.04 Å². The van der Waals surface area contributed by atoms with Crippen molar-refractivity contribution in [2.45, 2.75) is 38.8 Å². The zero-order valence-electron chi connectivity index (χ0n) is 10.0. The van der Waals surface area contributed by atoms with E-state index in [0.29, 0.717) is 0 Å². The van der Waals surface area contributed by atoms with Crippen molar-refractivity contribution in [1.82, 2.24) is 5.32 Å². The molecule has 2 fully saturated rings. The second-order valence-corrected chi connectivity index (χ2v) is 5.59. The molecule has 1 nitrogen and oxygen atoms in total. The van der Waals surface area contributed by atoms with Gasteiger partial charge in [0, 0.05) is 12.6 Å². The van der Waals surface area contributed by atoms with Crippen molar-refractivity contribution in [2.75, 3.05) is 0 Å². The van der Waals surface area contributed by atoms with Crippen LogP contribution in [0.5, 0.6) is 0 Å². The Morgan fingerprint density at radius 2 is 1.94 bits per heavy atom. The molecule has 1 N–H and O–H groups in total. The molecule has 1 aromatic carbocycles. The predicted molar refractivity (Wildman–Crippen MR) is 67.1 cm³/mol. The third-order valence-corrected chi connectivity index (χ3v) is 4.48. The summed E-state index contributed by atoms with van der Waals surface area (Å²) in [4.78, 5) is 0. The molecule has 4 atom stereocenters. The van der Waals surface area contributed by atoms with Crippen LogP contribution >= 0.6 is 0 Å². The van der Waals surface area contributed by atoms with Gasteiger partial charge in [-0.1, -0.05) is 37.3 Å². The molecule has 16 heavy (non-hydrogen) atoms. The lowest BCUT2D eigenvalue weighted by molar-refractivity contribution is 0.289. The molecule has 1 heteroatoms. The van der Waals surface area contributed by atoms with Crippen molar-refractivity contribution in [3.05, 3.63) is 35.9 Å². The zero-order valence-corrected chi connectivity index (χ0v) is 10.0. The van der Waals surface area contributed by atoms with Crippen molar-refractivity contribution >= 4 is 0 Å². The van der Waals surface area contributed by atoms with Crippen LogP contribution in [-0.2, 0) is 6.54 Å². The topological polar surface area (TPSA) is 12.0 Å². The zero-order chi connectivity index (χ0) is 11.0. The van der Waals surface area contributed by atoms with Gasteiger partial charge in [0.1, 0.15) is 0 Å². The molecule has 0 aromatic heterocycles. The highest BCUT2D eigenvalue weighted by molar-refractivity contribution is 5.14. The second kappa shape index (κ2) is 4.21. The molecule has 2 aliphatic carbocycles. The summed E-state index contributed by atoms with van der Waals surface area (Å²) in [6.45, 7) is 3.47. The summed E-state index contributed by atoms with van der Waals surface area (Å²) >= 11 is 0. The SMILES string of the molecule is C[C@H]1CCC(NCc2ccccc2)[C@@H]2C[C@H]12. The first kappa shape index (κ1) is 10.3. The predicted octanol–water partition coefficient (Wildman–Crippen LogP) is 3.21. The minimum absolute atomic E-state index is 0.793. The third kappa shape index (κ3) is 2.01. The summed E-state index contributed by atoms with van der Waals surface area (Å²) in [7, 11) is 0. The summed E-state index contributed by atoms with van der Waals surface area (Å²) in [6, 6.07) is 11.6. The summed E-state index contributed by atoms with van der Waals surface area (Å²) < 4.78 is 0.